The average molecular weight is 480 g/mol. The Bertz CT molecular complexity index is 1190. The van der Waals surface area contributed by atoms with Gasteiger partial charge in [-0.25, -0.2) is 8.78 Å². The quantitative estimate of drug-likeness (QED) is 0.381. The number of nitrogen functional groups attached to an aromatic ring is 1. The molecule has 1 aliphatic heterocycles. The van der Waals surface area contributed by atoms with Gasteiger partial charge in [0.15, 0.2) is 17.4 Å². The summed E-state index contributed by atoms with van der Waals surface area (Å²) >= 11 is 0. The lowest BCUT2D eigenvalue weighted by Crippen LogP contribution is -2.25. The van der Waals surface area contributed by atoms with Gasteiger partial charge in [0, 0.05) is 37.7 Å². The maximum absolute atomic E-state index is 15.4. The molecule has 0 fully saturated rings. The van der Waals surface area contributed by atoms with Crippen molar-refractivity contribution >= 4 is 11.4 Å². The van der Waals surface area contributed by atoms with Gasteiger partial charge in [0.2, 0.25) is 0 Å². The Hall–Kier alpha value is -3.12. The fourth-order valence-corrected chi connectivity index (χ4v) is 4.99. The number of anilines is 2. The maximum atomic E-state index is 15.4. The summed E-state index contributed by atoms with van der Waals surface area (Å²) in [5.74, 6) is -0.272. The Morgan fingerprint density at radius 3 is 2.66 bits per heavy atom. The summed E-state index contributed by atoms with van der Waals surface area (Å²) in [5.41, 5.74) is 11.8. The minimum absolute atomic E-state index is 0.130. The number of nitrogens with one attached hydrogen (secondary N) is 1. The summed E-state index contributed by atoms with van der Waals surface area (Å²) in [4.78, 5) is 2.27. The second kappa shape index (κ2) is 10.6. The van der Waals surface area contributed by atoms with E-state index in [0.29, 0.717) is 49.8 Å². The smallest absolute Gasteiger partial charge is 0.165 e. The first-order valence-corrected chi connectivity index (χ1v) is 12.3. The predicted octanol–water partition coefficient (Wildman–Crippen LogP) is 6.47. The molecule has 0 spiro atoms. The fraction of sp³-hybridized carbons (Fsp3) is 0.379. The molecule has 1 atom stereocenters. The van der Waals surface area contributed by atoms with Crippen LogP contribution in [0.4, 0.5) is 20.2 Å². The fourth-order valence-electron chi connectivity index (χ4n) is 4.99. The van der Waals surface area contributed by atoms with Gasteiger partial charge in [0.1, 0.15) is 6.61 Å². The van der Waals surface area contributed by atoms with E-state index in [4.69, 9.17) is 10.5 Å². The highest BCUT2D eigenvalue weighted by Crippen LogP contribution is 2.38. The molecule has 35 heavy (non-hydrogen) atoms. The van der Waals surface area contributed by atoms with Crippen LogP contribution in [0.15, 0.2) is 48.5 Å². The van der Waals surface area contributed by atoms with Gasteiger partial charge in [-0.1, -0.05) is 50.2 Å². The topological polar surface area (TPSA) is 50.5 Å². The second-order valence-electron chi connectivity index (χ2n) is 9.66. The van der Waals surface area contributed by atoms with Crippen LogP contribution in [-0.2, 0) is 13.1 Å². The first-order valence-electron chi connectivity index (χ1n) is 12.3. The number of nitrogens with two attached hydrogens (primary N) is 1. The van der Waals surface area contributed by atoms with Gasteiger partial charge in [-0.3, -0.25) is 4.90 Å². The summed E-state index contributed by atoms with van der Waals surface area (Å²) in [5, 5.41) is 3.13. The van der Waals surface area contributed by atoms with Crippen molar-refractivity contribution in [3.63, 3.8) is 0 Å². The van der Waals surface area contributed by atoms with Crippen molar-refractivity contribution in [3.05, 3.63) is 88.0 Å². The van der Waals surface area contributed by atoms with E-state index in [0.717, 1.165) is 11.1 Å². The predicted molar refractivity (Wildman–Crippen MR) is 139 cm³/mol. The van der Waals surface area contributed by atoms with E-state index in [1.807, 2.05) is 25.1 Å². The number of hydrogen-bond acceptors (Lipinski definition) is 4. The molecule has 0 radical (unpaired) electrons. The van der Waals surface area contributed by atoms with Gasteiger partial charge in [0.25, 0.3) is 0 Å². The summed E-state index contributed by atoms with van der Waals surface area (Å²) < 4.78 is 35.3. The number of hydrogen-bond donors (Lipinski definition) is 2. The molecule has 0 saturated carbocycles. The normalized spacial score (nSPS) is 14.8. The summed E-state index contributed by atoms with van der Waals surface area (Å²) in [6.07, 6.45) is 0. The molecule has 3 N–H and O–H groups in total. The maximum Gasteiger partial charge on any atom is 0.165 e. The largest absolute Gasteiger partial charge is 0.489 e. The zero-order chi connectivity index (χ0) is 25.1. The van der Waals surface area contributed by atoms with Crippen molar-refractivity contribution in [2.45, 2.75) is 46.7 Å². The Morgan fingerprint density at radius 1 is 1.11 bits per heavy atom. The van der Waals surface area contributed by atoms with Crippen molar-refractivity contribution in [1.29, 1.82) is 0 Å². The number of benzene rings is 3. The van der Waals surface area contributed by atoms with Crippen LogP contribution in [0.5, 0.6) is 5.75 Å². The lowest BCUT2D eigenvalue weighted by molar-refractivity contribution is 0.216. The van der Waals surface area contributed by atoms with Crippen LogP contribution in [-0.4, -0.2) is 24.6 Å². The summed E-state index contributed by atoms with van der Waals surface area (Å²) in [6.45, 7) is 11.4. The van der Waals surface area contributed by atoms with Crippen LogP contribution >= 0.6 is 0 Å². The molecule has 0 bridgehead atoms. The summed E-state index contributed by atoms with van der Waals surface area (Å²) in [7, 11) is 0. The first-order chi connectivity index (χ1) is 16.8. The van der Waals surface area contributed by atoms with Crippen LogP contribution in [0.25, 0.3) is 0 Å². The monoisotopic (exact) mass is 479 g/mol. The highest BCUT2D eigenvalue weighted by molar-refractivity contribution is 5.68. The van der Waals surface area contributed by atoms with Crippen LogP contribution in [0.2, 0.25) is 0 Å². The van der Waals surface area contributed by atoms with Crippen molar-refractivity contribution in [1.82, 2.24) is 4.90 Å². The Morgan fingerprint density at radius 2 is 1.91 bits per heavy atom. The van der Waals surface area contributed by atoms with Gasteiger partial charge in [-0.15, -0.1) is 0 Å². The van der Waals surface area contributed by atoms with Gasteiger partial charge >= 0.3 is 0 Å². The summed E-state index contributed by atoms with van der Waals surface area (Å²) in [6, 6.07) is 15.2. The first kappa shape index (κ1) is 25.0. The molecule has 0 amide bonds. The molecule has 0 aromatic heterocycles. The van der Waals surface area contributed by atoms with Crippen LogP contribution in [0.1, 0.15) is 54.5 Å². The zero-order valence-electron chi connectivity index (χ0n) is 21.0. The Kier molecular flexibility index (Phi) is 7.60. The van der Waals surface area contributed by atoms with E-state index >= 15 is 4.39 Å². The number of aryl methyl sites for hydroxylation is 1. The lowest BCUT2D eigenvalue weighted by Gasteiger charge is -2.26. The zero-order valence-corrected chi connectivity index (χ0v) is 21.0. The van der Waals surface area contributed by atoms with Crippen molar-refractivity contribution in [2.24, 2.45) is 5.92 Å². The number of halogens is 2. The number of ether oxygens (including phenoxy) is 1. The number of para-hydroxylation sites is 1. The minimum atomic E-state index is -0.354. The molecule has 1 heterocycles. The minimum Gasteiger partial charge on any atom is -0.489 e. The molecule has 4 rings (SSSR count). The van der Waals surface area contributed by atoms with E-state index in [1.165, 1.54) is 17.2 Å². The molecule has 4 nitrogen and oxygen atoms in total. The van der Waals surface area contributed by atoms with Crippen LogP contribution in [0.3, 0.4) is 0 Å². The average Bonchev–Trinajstić information content (AvgIpc) is 3.03. The SMILES string of the molecule is CCNc1ccc(C(c2ccc(C)c(CN3CCOc4c(F)cccc4C3)c2)C(C)C)c(F)c1N. The molecule has 0 saturated heterocycles. The molecular weight excluding hydrogens is 444 g/mol. The van der Waals surface area contributed by atoms with E-state index in [-0.39, 0.29) is 29.2 Å². The van der Waals surface area contributed by atoms with Crippen LogP contribution in [0, 0.1) is 24.5 Å². The highest BCUT2D eigenvalue weighted by atomic mass is 19.1. The number of rotatable bonds is 7. The number of nitrogens with zero attached hydrogens (tertiary/aromatic N) is 1. The van der Waals surface area contributed by atoms with E-state index < -0.39 is 0 Å². The number of fused-ring (bicyclic) bond motifs is 1. The van der Waals surface area contributed by atoms with Gasteiger partial charge in [0.05, 0.1) is 11.4 Å². The van der Waals surface area contributed by atoms with E-state index in [1.54, 1.807) is 6.07 Å². The molecule has 1 unspecified atom stereocenters. The van der Waals surface area contributed by atoms with Crippen molar-refractivity contribution in [3.8, 4) is 5.75 Å². The third-order valence-corrected chi connectivity index (χ3v) is 6.80. The lowest BCUT2D eigenvalue weighted by atomic mass is 9.81. The van der Waals surface area contributed by atoms with Crippen LogP contribution < -0.4 is 15.8 Å². The highest BCUT2D eigenvalue weighted by Gasteiger charge is 2.25. The van der Waals surface area contributed by atoms with Crippen molar-refractivity contribution in [2.75, 3.05) is 30.7 Å². The molecule has 0 aliphatic carbocycles. The second-order valence-corrected chi connectivity index (χ2v) is 9.66. The van der Waals surface area contributed by atoms with Gasteiger partial charge in [-0.05, 0) is 54.2 Å². The Labute approximate surface area is 207 Å². The van der Waals surface area contributed by atoms with E-state index in [9.17, 15) is 4.39 Å². The Balaban J connectivity index is 1.64. The molecule has 3 aromatic rings. The molecule has 3 aromatic carbocycles. The molecule has 1 aliphatic rings. The van der Waals surface area contributed by atoms with Gasteiger partial charge < -0.3 is 15.8 Å². The van der Waals surface area contributed by atoms with Crippen molar-refractivity contribution < 1.29 is 13.5 Å². The third-order valence-electron chi connectivity index (χ3n) is 6.80. The molecule has 6 heteroatoms. The van der Waals surface area contributed by atoms with Gasteiger partial charge in [-0.2, -0.15) is 0 Å². The van der Waals surface area contributed by atoms with E-state index in [2.05, 4.69) is 49.2 Å². The molecule has 186 valence electrons. The standard InChI is InChI=1S/C29H35F2N3O/c1-5-33-25-12-11-23(27(31)28(25)32)26(18(2)3)20-10-9-19(4)22(15-20)17-34-13-14-35-29-21(16-34)7-6-8-24(29)30/h6-12,15,18,26,33H,5,13-14,16-17,32H2,1-4H3. The molecular formula is C29H35F2N3O. The third kappa shape index (κ3) is 5.27.